The molecule has 2 unspecified atom stereocenters. The monoisotopic (exact) mass is 535 g/mol. The number of rotatable bonds is 10. The van der Waals surface area contributed by atoms with Gasteiger partial charge in [0.1, 0.15) is 22.5 Å². The van der Waals surface area contributed by atoms with E-state index < -0.39 is 16.3 Å². The zero-order valence-corrected chi connectivity index (χ0v) is 23.0. The summed E-state index contributed by atoms with van der Waals surface area (Å²) in [6.07, 6.45) is 1.46. The van der Waals surface area contributed by atoms with E-state index in [1.165, 1.54) is 16.6 Å². The van der Waals surface area contributed by atoms with Gasteiger partial charge in [-0.05, 0) is 32.4 Å². The van der Waals surface area contributed by atoms with Crippen LogP contribution in [0.4, 0.5) is 5.69 Å². The number of piperazine rings is 1. The number of nitrogens with zero attached hydrogens (tertiary/aromatic N) is 6. The van der Waals surface area contributed by atoms with Crippen molar-refractivity contribution < 1.29 is 23.0 Å². The Labute approximate surface area is 218 Å². The second-order valence-corrected chi connectivity index (χ2v) is 11.3. The predicted molar refractivity (Wildman–Crippen MR) is 139 cm³/mol. The zero-order valence-electron chi connectivity index (χ0n) is 22.1. The van der Waals surface area contributed by atoms with E-state index >= 15 is 0 Å². The van der Waals surface area contributed by atoms with E-state index in [2.05, 4.69) is 32.2 Å². The van der Waals surface area contributed by atoms with Crippen molar-refractivity contribution in [2.24, 2.45) is 12.0 Å². The largest absolute Gasteiger partial charge is 0.472 e. The second-order valence-electron chi connectivity index (χ2n) is 9.31. The van der Waals surface area contributed by atoms with Gasteiger partial charge in [-0.2, -0.15) is 9.40 Å². The summed E-state index contributed by atoms with van der Waals surface area (Å²) in [5, 5.41) is 18.4. The highest BCUT2D eigenvalue weighted by molar-refractivity contribution is 7.89. The van der Waals surface area contributed by atoms with E-state index in [1.54, 1.807) is 18.8 Å². The number of hydrogen-bond donors (Lipinski definition) is 2. The van der Waals surface area contributed by atoms with Crippen LogP contribution in [0, 0.1) is 0 Å². The maximum atomic E-state index is 13.6. The normalized spacial score (nSPS) is 19.7. The SMILES string of the molecule is CCCN1CCN(S(=O)(=O)c2cnc(OC(C)COC)c(C3=NC(O)c4nn(C)c(CC)c4N3)c2)CC1. The first kappa shape index (κ1) is 27.5. The van der Waals surface area contributed by atoms with Crippen LogP contribution in [0.1, 0.15) is 50.4 Å². The van der Waals surface area contributed by atoms with Crippen molar-refractivity contribution in [2.45, 2.75) is 50.8 Å². The molecule has 2 atom stereocenters. The highest BCUT2D eigenvalue weighted by atomic mass is 32.2. The summed E-state index contributed by atoms with van der Waals surface area (Å²) in [6.45, 7) is 9.41. The fourth-order valence-electron chi connectivity index (χ4n) is 4.73. The number of pyridine rings is 1. The lowest BCUT2D eigenvalue weighted by atomic mass is 10.1. The molecule has 12 nitrogen and oxygen atoms in total. The predicted octanol–water partition coefficient (Wildman–Crippen LogP) is 1.37. The standard InChI is InChI=1S/C24H37N7O5S/c1-6-8-30-9-11-31(12-10-30)37(33,34)17-13-18(24(25-14-17)36-16(3)15-35-5)22-26-20-19(7-2)29(4)28-21(20)23(32)27-22/h13-14,16,23,32H,6-12,15H2,1-5H3,(H,26,27). The first-order chi connectivity index (χ1) is 17.7. The van der Waals surface area contributed by atoms with E-state index in [-0.39, 0.29) is 22.7 Å². The van der Waals surface area contributed by atoms with Gasteiger partial charge in [-0.3, -0.25) is 4.68 Å². The molecule has 2 aliphatic heterocycles. The number of fused-ring (bicyclic) bond motifs is 1. The quantitative estimate of drug-likeness (QED) is 0.462. The molecule has 13 heteroatoms. The topological polar surface area (TPSA) is 134 Å². The van der Waals surface area contributed by atoms with Crippen LogP contribution in [-0.2, 0) is 28.2 Å². The van der Waals surface area contributed by atoms with Gasteiger partial charge in [0.2, 0.25) is 15.9 Å². The summed E-state index contributed by atoms with van der Waals surface area (Å²) < 4.78 is 41.5. The maximum absolute atomic E-state index is 13.6. The van der Waals surface area contributed by atoms with Crippen molar-refractivity contribution in [3.63, 3.8) is 0 Å². The third-order valence-electron chi connectivity index (χ3n) is 6.57. The maximum Gasteiger partial charge on any atom is 0.244 e. The number of aromatic nitrogens is 3. The summed E-state index contributed by atoms with van der Waals surface area (Å²) in [5.74, 6) is 0.458. The molecule has 1 saturated heterocycles. The van der Waals surface area contributed by atoms with E-state index in [1.807, 2.05) is 13.8 Å². The molecule has 1 fully saturated rings. The number of methoxy groups -OCH3 is 1. The first-order valence-electron chi connectivity index (χ1n) is 12.7. The van der Waals surface area contributed by atoms with Gasteiger partial charge in [0.25, 0.3) is 0 Å². The van der Waals surface area contributed by atoms with Crippen molar-refractivity contribution in [1.82, 2.24) is 24.0 Å². The minimum absolute atomic E-state index is 0.0462. The lowest BCUT2D eigenvalue weighted by Crippen LogP contribution is -2.48. The van der Waals surface area contributed by atoms with Crippen LogP contribution in [0.2, 0.25) is 0 Å². The second kappa shape index (κ2) is 11.4. The van der Waals surface area contributed by atoms with Crippen LogP contribution < -0.4 is 10.1 Å². The van der Waals surface area contributed by atoms with E-state index in [0.29, 0.717) is 56.2 Å². The molecule has 204 valence electrons. The van der Waals surface area contributed by atoms with Crippen molar-refractivity contribution in [3.05, 3.63) is 29.2 Å². The lowest BCUT2D eigenvalue weighted by Gasteiger charge is -2.33. The Morgan fingerprint density at radius 3 is 2.62 bits per heavy atom. The van der Waals surface area contributed by atoms with E-state index in [4.69, 9.17) is 9.47 Å². The molecular formula is C24H37N7O5S. The summed E-state index contributed by atoms with van der Waals surface area (Å²) >= 11 is 0. The fraction of sp³-hybridized carbons (Fsp3) is 0.625. The number of aliphatic hydroxyl groups is 1. The van der Waals surface area contributed by atoms with Gasteiger partial charge in [0, 0.05) is 40.3 Å². The van der Waals surface area contributed by atoms with Crippen molar-refractivity contribution in [3.8, 4) is 5.88 Å². The van der Waals surface area contributed by atoms with Gasteiger partial charge in [0.05, 0.1) is 29.7 Å². The number of aliphatic imine (C=N–C) groups is 1. The van der Waals surface area contributed by atoms with Gasteiger partial charge >= 0.3 is 0 Å². The smallest absolute Gasteiger partial charge is 0.244 e. The Bertz CT molecular complexity index is 1240. The number of amidine groups is 1. The third kappa shape index (κ3) is 5.65. The number of hydrogen-bond acceptors (Lipinski definition) is 10. The van der Waals surface area contributed by atoms with Crippen LogP contribution in [0.25, 0.3) is 0 Å². The third-order valence-corrected chi connectivity index (χ3v) is 8.44. The molecule has 0 aliphatic carbocycles. The number of sulfonamides is 1. The van der Waals surface area contributed by atoms with Crippen LogP contribution in [0.3, 0.4) is 0 Å². The van der Waals surface area contributed by atoms with E-state index in [0.717, 1.165) is 18.7 Å². The Morgan fingerprint density at radius 1 is 1.24 bits per heavy atom. The lowest BCUT2D eigenvalue weighted by molar-refractivity contribution is 0.0887. The molecule has 2 aromatic heterocycles. The van der Waals surface area contributed by atoms with E-state index in [9.17, 15) is 13.5 Å². The van der Waals surface area contributed by atoms with Crippen molar-refractivity contribution in [1.29, 1.82) is 0 Å². The zero-order chi connectivity index (χ0) is 26.7. The molecule has 37 heavy (non-hydrogen) atoms. The number of anilines is 1. The molecule has 0 amide bonds. The summed E-state index contributed by atoms with van der Waals surface area (Å²) in [4.78, 5) is 11.1. The minimum atomic E-state index is -3.80. The average molecular weight is 536 g/mol. The van der Waals surface area contributed by atoms with Crippen LogP contribution in [0.15, 0.2) is 22.2 Å². The average Bonchev–Trinajstić information content (AvgIpc) is 3.20. The molecule has 2 aromatic rings. The van der Waals surface area contributed by atoms with Gasteiger partial charge in [-0.25, -0.2) is 18.4 Å². The van der Waals surface area contributed by atoms with Crippen LogP contribution in [0.5, 0.6) is 5.88 Å². The molecule has 4 heterocycles. The molecule has 0 bridgehead atoms. The van der Waals surface area contributed by atoms with Crippen LogP contribution in [-0.4, -0.2) is 95.9 Å². The number of ether oxygens (including phenoxy) is 2. The van der Waals surface area contributed by atoms with Gasteiger partial charge in [-0.1, -0.05) is 13.8 Å². The first-order valence-corrected chi connectivity index (χ1v) is 14.1. The Kier molecular flexibility index (Phi) is 8.49. The summed E-state index contributed by atoms with van der Waals surface area (Å²) in [5.41, 5.74) is 2.29. The number of aryl methyl sites for hydroxylation is 1. The minimum Gasteiger partial charge on any atom is -0.472 e. The Balaban J connectivity index is 1.71. The molecule has 2 aliphatic rings. The summed E-state index contributed by atoms with van der Waals surface area (Å²) in [6, 6.07) is 1.52. The molecule has 4 rings (SSSR count). The van der Waals surface area contributed by atoms with Crippen LogP contribution >= 0.6 is 0 Å². The molecule has 0 spiro atoms. The number of aliphatic hydroxyl groups excluding tert-OH is 1. The number of nitrogens with one attached hydrogen (secondary N) is 1. The highest BCUT2D eigenvalue weighted by Gasteiger charge is 2.32. The highest BCUT2D eigenvalue weighted by Crippen LogP contribution is 2.34. The molecular weight excluding hydrogens is 498 g/mol. The van der Waals surface area contributed by atoms with Crippen molar-refractivity contribution >= 4 is 21.5 Å². The Hall–Kier alpha value is -2.58. The fourth-order valence-corrected chi connectivity index (χ4v) is 6.13. The summed E-state index contributed by atoms with van der Waals surface area (Å²) in [7, 11) is -0.418. The Morgan fingerprint density at radius 2 is 1.97 bits per heavy atom. The molecule has 0 aromatic carbocycles. The molecule has 0 radical (unpaired) electrons. The van der Waals surface area contributed by atoms with Crippen molar-refractivity contribution in [2.75, 3.05) is 51.8 Å². The van der Waals surface area contributed by atoms with Gasteiger partial charge < -0.3 is 24.8 Å². The molecule has 0 saturated carbocycles. The van der Waals surface area contributed by atoms with Gasteiger partial charge in [0.15, 0.2) is 6.23 Å². The van der Waals surface area contributed by atoms with Gasteiger partial charge in [-0.15, -0.1) is 0 Å². The molecule has 2 N–H and O–H groups in total.